The lowest BCUT2D eigenvalue weighted by molar-refractivity contribution is 0.624. The Balaban J connectivity index is 2.12. The summed E-state index contributed by atoms with van der Waals surface area (Å²) in [5.74, 6) is -0.418. The minimum atomic E-state index is -0.418. The zero-order valence-electron chi connectivity index (χ0n) is 14.2. The zero-order valence-corrected chi connectivity index (χ0v) is 15.7. The normalized spacial score (nSPS) is 11.5. The van der Waals surface area contributed by atoms with Crippen LogP contribution in [0.3, 0.4) is 0 Å². The van der Waals surface area contributed by atoms with Gasteiger partial charge in [-0.25, -0.2) is 4.39 Å². The third-order valence-corrected chi connectivity index (χ3v) is 4.96. The Morgan fingerprint density at radius 2 is 1.81 bits per heavy atom. The molecule has 26 heavy (non-hydrogen) atoms. The molecule has 0 unspecified atom stereocenters. The van der Waals surface area contributed by atoms with E-state index >= 15 is 0 Å². The molecule has 0 aliphatic heterocycles. The van der Waals surface area contributed by atoms with Gasteiger partial charge >= 0.3 is 0 Å². The van der Waals surface area contributed by atoms with Crippen molar-refractivity contribution in [2.24, 2.45) is 0 Å². The van der Waals surface area contributed by atoms with Crippen LogP contribution in [0.5, 0.6) is 0 Å². The molecule has 5 heteroatoms. The Bertz CT molecular complexity index is 1060. The molecule has 1 heterocycles. The second-order valence-corrected chi connectivity index (χ2v) is 6.72. The number of nitriles is 1. The first-order valence-corrected chi connectivity index (χ1v) is 8.69. The summed E-state index contributed by atoms with van der Waals surface area (Å²) in [7, 11) is 0. The average Bonchev–Trinajstić information content (AvgIpc) is 2.89. The van der Waals surface area contributed by atoms with Crippen LogP contribution in [0.25, 0.3) is 17.3 Å². The molecule has 0 atom stereocenters. The lowest BCUT2D eigenvalue weighted by atomic mass is 10.0. The molecule has 0 radical (unpaired) electrons. The fraction of sp³-hybridized carbons (Fsp3) is 0.0952. The van der Waals surface area contributed by atoms with E-state index in [-0.39, 0.29) is 11.1 Å². The first kappa shape index (κ1) is 18.3. The highest BCUT2D eigenvalue weighted by Gasteiger charge is 2.13. The summed E-state index contributed by atoms with van der Waals surface area (Å²) < 4.78 is 16.1. The van der Waals surface area contributed by atoms with Crippen LogP contribution in [-0.2, 0) is 0 Å². The second kappa shape index (κ2) is 7.37. The van der Waals surface area contributed by atoms with E-state index < -0.39 is 5.82 Å². The van der Waals surface area contributed by atoms with Gasteiger partial charge in [-0.05, 0) is 55.8 Å². The average molecular weight is 385 g/mol. The maximum absolute atomic E-state index is 14.0. The van der Waals surface area contributed by atoms with Crippen LogP contribution < -0.4 is 0 Å². The summed E-state index contributed by atoms with van der Waals surface area (Å²) in [6.07, 6.45) is 1.70. The summed E-state index contributed by atoms with van der Waals surface area (Å²) in [5, 5.41) is 10.5. The maximum Gasteiger partial charge on any atom is 0.131 e. The number of allylic oxidation sites excluding steroid dienone is 1. The standard InChI is InChI=1S/C21H15Cl2FN2/c1-13-9-15(10-16(12-25)18-5-3-4-6-21(18)24)14(2)26(13)17-7-8-19(22)20(23)11-17/h3-11H,1-2H3. The zero-order chi connectivity index (χ0) is 18.8. The Morgan fingerprint density at radius 1 is 1.08 bits per heavy atom. The van der Waals surface area contributed by atoms with Crippen LogP contribution in [0.15, 0.2) is 48.5 Å². The fourth-order valence-corrected chi connectivity index (χ4v) is 3.25. The summed E-state index contributed by atoms with van der Waals surface area (Å²) in [5.41, 5.74) is 4.17. The Hall–Kier alpha value is -2.54. The van der Waals surface area contributed by atoms with E-state index in [1.807, 2.05) is 30.5 Å². The van der Waals surface area contributed by atoms with Gasteiger partial charge < -0.3 is 4.57 Å². The predicted octanol–water partition coefficient (Wildman–Crippen LogP) is 6.60. The van der Waals surface area contributed by atoms with Crippen molar-refractivity contribution in [1.29, 1.82) is 5.26 Å². The van der Waals surface area contributed by atoms with Gasteiger partial charge in [-0.15, -0.1) is 0 Å². The minimum absolute atomic E-state index is 0.275. The lowest BCUT2D eigenvalue weighted by Crippen LogP contribution is -1.99. The van der Waals surface area contributed by atoms with Gasteiger partial charge in [-0.2, -0.15) is 5.26 Å². The number of aryl methyl sites for hydroxylation is 1. The molecule has 0 bridgehead atoms. The van der Waals surface area contributed by atoms with E-state index in [2.05, 4.69) is 6.07 Å². The molecule has 130 valence electrons. The molecule has 0 fully saturated rings. The van der Waals surface area contributed by atoms with Crippen LogP contribution in [-0.4, -0.2) is 4.57 Å². The number of rotatable bonds is 3. The van der Waals surface area contributed by atoms with Gasteiger partial charge in [0.25, 0.3) is 0 Å². The van der Waals surface area contributed by atoms with Crippen molar-refractivity contribution in [3.63, 3.8) is 0 Å². The van der Waals surface area contributed by atoms with Gasteiger partial charge in [0.15, 0.2) is 0 Å². The molecule has 3 rings (SSSR count). The highest BCUT2D eigenvalue weighted by Crippen LogP contribution is 2.29. The Morgan fingerprint density at radius 3 is 2.46 bits per heavy atom. The number of benzene rings is 2. The minimum Gasteiger partial charge on any atom is -0.318 e. The highest BCUT2D eigenvalue weighted by molar-refractivity contribution is 6.42. The fourth-order valence-electron chi connectivity index (χ4n) is 2.96. The van der Waals surface area contributed by atoms with E-state index in [1.54, 1.807) is 36.4 Å². The SMILES string of the molecule is Cc1cc(C=C(C#N)c2ccccc2F)c(C)n1-c1ccc(Cl)c(Cl)c1. The number of halogens is 3. The summed E-state index contributed by atoms with van der Waals surface area (Å²) >= 11 is 12.1. The smallest absolute Gasteiger partial charge is 0.131 e. The lowest BCUT2D eigenvalue weighted by Gasteiger charge is -2.10. The summed E-state index contributed by atoms with van der Waals surface area (Å²) in [6, 6.07) is 15.7. The van der Waals surface area contributed by atoms with Crippen molar-refractivity contribution < 1.29 is 4.39 Å². The molecule has 0 N–H and O–H groups in total. The van der Waals surface area contributed by atoms with Gasteiger partial charge in [0.05, 0.1) is 21.7 Å². The molecule has 1 aromatic heterocycles. The first-order valence-electron chi connectivity index (χ1n) is 7.93. The van der Waals surface area contributed by atoms with Crippen LogP contribution in [0.4, 0.5) is 4.39 Å². The second-order valence-electron chi connectivity index (χ2n) is 5.91. The molecular weight excluding hydrogens is 370 g/mol. The summed E-state index contributed by atoms with van der Waals surface area (Å²) in [6.45, 7) is 3.90. The van der Waals surface area contributed by atoms with E-state index in [1.165, 1.54) is 6.07 Å². The molecule has 2 aromatic carbocycles. The van der Waals surface area contributed by atoms with E-state index in [9.17, 15) is 9.65 Å². The third-order valence-electron chi connectivity index (χ3n) is 4.22. The predicted molar refractivity (Wildman–Crippen MR) is 105 cm³/mol. The molecule has 3 aromatic rings. The van der Waals surface area contributed by atoms with Gasteiger partial charge in [0.1, 0.15) is 5.82 Å². The topological polar surface area (TPSA) is 28.7 Å². The molecular formula is C21H15Cl2FN2. The van der Waals surface area contributed by atoms with Crippen LogP contribution >= 0.6 is 23.2 Å². The van der Waals surface area contributed by atoms with Gasteiger partial charge in [-0.1, -0.05) is 41.4 Å². The number of aromatic nitrogens is 1. The first-order chi connectivity index (χ1) is 12.4. The Kier molecular flexibility index (Phi) is 5.18. The van der Waals surface area contributed by atoms with E-state index in [4.69, 9.17) is 23.2 Å². The van der Waals surface area contributed by atoms with Crippen LogP contribution in [0.1, 0.15) is 22.5 Å². The molecule has 0 aliphatic rings. The van der Waals surface area contributed by atoms with Crippen molar-refractivity contribution in [2.45, 2.75) is 13.8 Å². The molecule has 0 spiro atoms. The van der Waals surface area contributed by atoms with Gasteiger partial charge in [0, 0.05) is 22.6 Å². The van der Waals surface area contributed by atoms with Crippen LogP contribution in [0, 0.1) is 31.0 Å². The molecule has 2 nitrogen and oxygen atoms in total. The third kappa shape index (κ3) is 3.39. The van der Waals surface area contributed by atoms with Crippen molar-refractivity contribution in [3.8, 4) is 11.8 Å². The molecule has 0 aliphatic carbocycles. The van der Waals surface area contributed by atoms with Crippen LogP contribution in [0.2, 0.25) is 10.0 Å². The quantitative estimate of drug-likeness (QED) is 0.467. The monoisotopic (exact) mass is 384 g/mol. The molecule has 0 amide bonds. The number of hydrogen-bond donors (Lipinski definition) is 0. The van der Waals surface area contributed by atoms with Crippen molar-refractivity contribution in [2.75, 3.05) is 0 Å². The molecule has 0 saturated carbocycles. The largest absolute Gasteiger partial charge is 0.318 e. The number of nitrogens with zero attached hydrogens (tertiary/aromatic N) is 2. The van der Waals surface area contributed by atoms with Gasteiger partial charge in [-0.3, -0.25) is 0 Å². The van der Waals surface area contributed by atoms with E-state index in [0.29, 0.717) is 10.0 Å². The summed E-state index contributed by atoms with van der Waals surface area (Å²) in [4.78, 5) is 0. The maximum atomic E-state index is 14.0. The van der Waals surface area contributed by atoms with Crippen molar-refractivity contribution in [3.05, 3.63) is 86.9 Å². The molecule has 0 saturated heterocycles. The number of hydrogen-bond acceptors (Lipinski definition) is 1. The van der Waals surface area contributed by atoms with Crippen molar-refractivity contribution >= 4 is 34.9 Å². The highest BCUT2D eigenvalue weighted by atomic mass is 35.5. The van der Waals surface area contributed by atoms with Crippen molar-refractivity contribution in [1.82, 2.24) is 4.57 Å². The van der Waals surface area contributed by atoms with E-state index in [0.717, 1.165) is 22.6 Å². The Labute approximate surface area is 161 Å². The van der Waals surface area contributed by atoms with Gasteiger partial charge in [0.2, 0.25) is 0 Å².